The fourth-order valence-electron chi connectivity index (χ4n) is 1.83. The van der Waals surface area contributed by atoms with Crippen LogP contribution in [0.15, 0.2) is 30.6 Å². The van der Waals surface area contributed by atoms with Gasteiger partial charge in [-0.3, -0.25) is 4.98 Å². The largest absolute Gasteiger partial charge is 0.369 e. The molecule has 0 atom stereocenters. The van der Waals surface area contributed by atoms with Crippen molar-refractivity contribution in [1.82, 2.24) is 19.9 Å². The van der Waals surface area contributed by atoms with E-state index < -0.39 is 0 Å². The Kier molecular flexibility index (Phi) is 5.45. The standard InChI is InChI=1S/C15H22N6/c1-12-9-14(17-7-8-21(2)3)20-15(19-12)18-11-13-5-4-6-16-10-13/h4-6,9-10H,7-8,11H2,1-3H3,(H2,17,18,19,20). The SMILES string of the molecule is Cc1cc(NCCN(C)C)nc(NCc2cccnc2)n1. The highest BCUT2D eigenvalue weighted by atomic mass is 15.2. The van der Waals surface area contributed by atoms with E-state index in [1.54, 1.807) is 6.20 Å². The van der Waals surface area contributed by atoms with Crippen LogP contribution in [0.25, 0.3) is 0 Å². The van der Waals surface area contributed by atoms with Crippen LogP contribution in [-0.2, 0) is 6.54 Å². The molecule has 0 aliphatic rings. The molecular weight excluding hydrogens is 264 g/mol. The third kappa shape index (κ3) is 5.35. The molecular formula is C15H22N6. The van der Waals surface area contributed by atoms with Crippen molar-refractivity contribution in [3.8, 4) is 0 Å². The number of aryl methyl sites for hydroxylation is 1. The van der Waals surface area contributed by atoms with Gasteiger partial charge in [-0.25, -0.2) is 4.98 Å². The van der Waals surface area contributed by atoms with Gasteiger partial charge in [-0.05, 0) is 32.6 Å². The zero-order chi connectivity index (χ0) is 15.1. The normalized spacial score (nSPS) is 10.7. The Hall–Kier alpha value is -2.21. The van der Waals surface area contributed by atoms with Crippen molar-refractivity contribution < 1.29 is 0 Å². The van der Waals surface area contributed by atoms with E-state index in [1.165, 1.54) is 0 Å². The zero-order valence-electron chi connectivity index (χ0n) is 12.8. The average molecular weight is 286 g/mol. The molecule has 0 amide bonds. The number of anilines is 2. The summed E-state index contributed by atoms with van der Waals surface area (Å²) in [7, 11) is 4.10. The Labute approximate surface area is 125 Å². The van der Waals surface area contributed by atoms with Gasteiger partial charge >= 0.3 is 0 Å². The third-order valence-electron chi connectivity index (χ3n) is 2.89. The number of aromatic nitrogens is 3. The molecule has 0 bridgehead atoms. The molecule has 2 aromatic heterocycles. The van der Waals surface area contributed by atoms with Gasteiger partial charge in [0.25, 0.3) is 0 Å². The van der Waals surface area contributed by atoms with Crippen LogP contribution in [0.2, 0.25) is 0 Å². The highest BCUT2D eigenvalue weighted by Crippen LogP contribution is 2.10. The first-order chi connectivity index (χ1) is 10.1. The minimum Gasteiger partial charge on any atom is -0.369 e. The molecule has 21 heavy (non-hydrogen) atoms. The van der Waals surface area contributed by atoms with Crippen LogP contribution in [0.3, 0.4) is 0 Å². The van der Waals surface area contributed by atoms with Gasteiger partial charge in [0, 0.05) is 43.8 Å². The zero-order valence-corrected chi connectivity index (χ0v) is 12.8. The van der Waals surface area contributed by atoms with Crippen molar-refractivity contribution in [3.05, 3.63) is 41.9 Å². The Morgan fingerprint density at radius 3 is 2.76 bits per heavy atom. The molecule has 0 aromatic carbocycles. The Morgan fingerprint density at radius 1 is 1.19 bits per heavy atom. The molecule has 0 fully saturated rings. The van der Waals surface area contributed by atoms with E-state index in [2.05, 4.69) is 30.5 Å². The minimum absolute atomic E-state index is 0.631. The molecule has 112 valence electrons. The van der Waals surface area contributed by atoms with Gasteiger partial charge in [0.05, 0.1) is 0 Å². The minimum atomic E-state index is 0.631. The van der Waals surface area contributed by atoms with Crippen LogP contribution in [-0.4, -0.2) is 47.0 Å². The predicted octanol–water partition coefficient (Wildman–Crippen LogP) is 1.77. The fourth-order valence-corrected chi connectivity index (χ4v) is 1.83. The molecule has 0 spiro atoms. The van der Waals surface area contributed by atoms with E-state index in [4.69, 9.17) is 0 Å². The van der Waals surface area contributed by atoms with E-state index in [-0.39, 0.29) is 0 Å². The maximum atomic E-state index is 4.47. The van der Waals surface area contributed by atoms with Gasteiger partial charge in [0.15, 0.2) is 0 Å². The number of rotatable bonds is 7. The summed E-state index contributed by atoms with van der Waals surface area (Å²) in [5.41, 5.74) is 2.04. The Morgan fingerprint density at radius 2 is 2.05 bits per heavy atom. The number of hydrogen-bond acceptors (Lipinski definition) is 6. The lowest BCUT2D eigenvalue weighted by atomic mass is 10.3. The highest BCUT2D eigenvalue weighted by Gasteiger charge is 2.02. The van der Waals surface area contributed by atoms with E-state index in [0.717, 1.165) is 30.2 Å². The smallest absolute Gasteiger partial charge is 0.225 e. The molecule has 0 unspecified atom stereocenters. The summed E-state index contributed by atoms with van der Waals surface area (Å²) in [5.74, 6) is 1.48. The van der Waals surface area contributed by atoms with E-state index in [1.807, 2.05) is 45.4 Å². The van der Waals surface area contributed by atoms with Crippen molar-refractivity contribution in [2.75, 3.05) is 37.8 Å². The van der Waals surface area contributed by atoms with Gasteiger partial charge in [-0.1, -0.05) is 6.07 Å². The first-order valence-electron chi connectivity index (χ1n) is 7.00. The van der Waals surface area contributed by atoms with Crippen LogP contribution in [0.5, 0.6) is 0 Å². The molecule has 0 radical (unpaired) electrons. The Balaban J connectivity index is 1.94. The van der Waals surface area contributed by atoms with E-state index in [9.17, 15) is 0 Å². The van der Waals surface area contributed by atoms with Gasteiger partial charge < -0.3 is 15.5 Å². The number of hydrogen-bond donors (Lipinski definition) is 2. The number of nitrogens with one attached hydrogen (secondary N) is 2. The van der Waals surface area contributed by atoms with Crippen molar-refractivity contribution in [2.45, 2.75) is 13.5 Å². The topological polar surface area (TPSA) is 66.0 Å². The summed E-state index contributed by atoms with van der Waals surface area (Å²) < 4.78 is 0. The van der Waals surface area contributed by atoms with Gasteiger partial charge in [-0.2, -0.15) is 4.98 Å². The van der Waals surface area contributed by atoms with Crippen molar-refractivity contribution in [3.63, 3.8) is 0 Å². The number of nitrogens with zero attached hydrogens (tertiary/aromatic N) is 4. The molecule has 2 rings (SSSR count). The first-order valence-corrected chi connectivity index (χ1v) is 7.00. The molecule has 0 saturated heterocycles. The third-order valence-corrected chi connectivity index (χ3v) is 2.89. The van der Waals surface area contributed by atoms with Gasteiger partial charge in [0.2, 0.25) is 5.95 Å². The lowest BCUT2D eigenvalue weighted by Gasteiger charge is -2.12. The lowest BCUT2D eigenvalue weighted by Crippen LogP contribution is -2.21. The summed E-state index contributed by atoms with van der Waals surface area (Å²) in [4.78, 5) is 15.1. The molecule has 0 aliphatic carbocycles. The molecule has 0 aliphatic heterocycles. The summed E-state index contributed by atoms with van der Waals surface area (Å²) in [5, 5.41) is 6.54. The number of likely N-dealkylation sites (N-methyl/N-ethyl adjacent to an activating group) is 1. The van der Waals surface area contributed by atoms with Crippen LogP contribution < -0.4 is 10.6 Å². The van der Waals surface area contributed by atoms with Crippen LogP contribution in [0, 0.1) is 6.92 Å². The second kappa shape index (κ2) is 7.54. The average Bonchev–Trinajstić information content (AvgIpc) is 2.45. The highest BCUT2D eigenvalue weighted by molar-refractivity contribution is 5.42. The molecule has 2 N–H and O–H groups in total. The second-order valence-corrected chi connectivity index (χ2v) is 5.16. The van der Waals surface area contributed by atoms with Crippen molar-refractivity contribution >= 4 is 11.8 Å². The van der Waals surface area contributed by atoms with Crippen molar-refractivity contribution in [2.24, 2.45) is 0 Å². The van der Waals surface area contributed by atoms with Gasteiger partial charge in [0.1, 0.15) is 5.82 Å². The molecule has 0 saturated carbocycles. The predicted molar refractivity (Wildman–Crippen MR) is 85.4 cm³/mol. The summed E-state index contributed by atoms with van der Waals surface area (Å²) in [6.07, 6.45) is 3.60. The molecule has 6 heteroatoms. The van der Waals surface area contributed by atoms with Crippen molar-refractivity contribution in [1.29, 1.82) is 0 Å². The van der Waals surface area contributed by atoms with Crippen LogP contribution in [0.4, 0.5) is 11.8 Å². The number of pyridine rings is 1. The van der Waals surface area contributed by atoms with E-state index in [0.29, 0.717) is 12.5 Å². The van der Waals surface area contributed by atoms with Crippen LogP contribution >= 0.6 is 0 Å². The molecule has 2 aromatic rings. The fraction of sp³-hybridized carbons (Fsp3) is 0.400. The Bertz CT molecular complexity index is 555. The monoisotopic (exact) mass is 286 g/mol. The summed E-state index contributed by atoms with van der Waals surface area (Å²) in [6.45, 7) is 4.44. The maximum absolute atomic E-state index is 4.47. The second-order valence-electron chi connectivity index (χ2n) is 5.16. The lowest BCUT2D eigenvalue weighted by molar-refractivity contribution is 0.425. The summed E-state index contributed by atoms with van der Waals surface area (Å²) in [6, 6.07) is 5.89. The summed E-state index contributed by atoms with van der Waals surface area (Å²) >= 11 is 0. The molecule has 6 nitrogen and oxygen atoms in total. The quantitative estimate of drug-likeness (QED) is 0.808. The van der Waals surface area contributed by atoms with Crippen LogP contribution in [0.1, 0.15) is 11.3 Å². The maximum Gasteiger partial charge on any atom is 0.225 e. The first kappa shape index (κ1) is 15.2. The van der Waals surface area contributed by atoms with Gasteiger partial charge in [-0.15, -0.1) is 0 Å². The molecule has 2 heterocycles. The van der Waals surface area contributed by atoms with E-state index >= 15 is 0 Å².